The zero-order valence-electron chi connectivity index (χ0n) is 10.1. The van der Waals surface area contributed by atoms with Crippen molar-refractivity contribution in [3.63, 3.8) is 0 Å². The fourth-order valence-corrected chi connectivity index (χ4v) is 1.89. The van der Waals surface area contributed by atoms with E-state index in [-0.39, 0.29) is 5.91 Å². The van der Waals surface area contributed by atoms with Gasteiger partial charge in [-0.2, -0.15) is 5.10 Å². The number of hydrogen-bond acceptors (Lipinski definition) is 3. The van der Waals surface area contributed by atoms with Crippen molar-refractivity contribution in [1.82, 2.24) is 0 Å². The Kier molecular flexibility index (Phi) is 2.90. The third-order valence-electron chi connectivity index (χ3n) is 2.81. The van der Waals surface area contributed by atoms with Gasteiger partial charge in [-0.3, -0.25) is 4.79 Å². The lowest BCUT2D eigenvalue weighted by molar-refractivity contribution is -0.110. The van der Waals surface area contributed by atoms with Crippen molar-refractivity contribution in [2.45, 2.75) is 0 Å². The first kappa shape index (κ1) is 11.3. The molecular formula is C15H11N3O. The van der Waals surface area contributed by atoms with Crippen molar-refractivity contribution in [2.24, 2.45) is 10.2 Å². The molecule has 1 aliphatic rings. The topological polar surface area (TPSA) is 53.8 Å². The average Bonchev–Trinajstić information content (AvgIpc) is 2.76. The molecule has 0 radical (unpaired) electrons. The minimum atomic E-state index is -0.216. The van der Waals surface area contributed by atoms with Crippen molar-refractivity contribution < 1.29 is 4.79 Å². The Morgan fingerprint density at radius 3 is 2.53 bits per heavy atom. The smallest absolute Gasteiger partial charge is 0.276 e. The number of anilines is 1. The van der Waals surface area contributed by atoms with Crippen molar-refractivity contribution >= 4 is 23.5 Å². The second-order valence-corrected chi connectivity index (χ2v) is 4.10. The number of nitrogens with zero attached hydrogens (tertiary/aromatic N) is 2. The number of amides is 1. The Labute approximate surface area is 110 Å². The van der Waals surface area contributed by atoms with Crippen LogP contribution in [0.2, 0.25) is 0 Å². The molecule has 0 bridgehead atoms. The van der Waals surface area contributed by atoms with Gasteiger partial charge in [0.1, 0.15) is 0 Å². The van der Waals surface area contributed by atoms with Crippen molar-refractivity contribution in [2.75, 3.05) is 5.32 Å². The molecule has 0 aliphatic carbocycles. The lowest BCUT2D eigenvalue weighted by Crippen LogP contribution is -2.13. The van der Waals surface area contributed by atoms with Gasteiger partial charge in [-0.25, -0.2) is 0 Å². The SMILES string of the molecule is O=C1Nc2ccccc2C1=NN=Cc1ccccc1. The third kappa shape index (κ3) is 2.28. The Balaban J connectivity index is 1.89. The summed E-state index contributed by atoms with van der Waals surface area (Å²) in [6, 6.07) is 17.1. The van der Waals surface area contributed by atoms with Crippen LogP contribution in [0.4, 0.5) is 5.69 Å². The van der Waals surface area contributed by atoms with E-state index in [9.17, 15) is 4.79 Å². The number of hydrogen-bond donors (Lipinski definition) is 1. The van der Waals surface area contributed by atoms with Gasteiger partial charge < -0.3 is 5.32 Å². The summed E-state index contributed by atoms with van der Waals surface area (Å²) in [5.74, 6) is -0.216. The predicted octanol–water partition coefficient (Wildman–Crippen LogP) is 2.46. The average molecular weight is 249 g/mol. The van der Waals surface area contributed by atoms with Crippen LogP contribution in [-0.4, -0.2) is 17.8 Å². The lowest BCUT2D eigenvalue weighted by Gasteiger charge is -1.93. The number of para-hydroxylation sites is 1. The summed E-state index contributed by atoms with van der Waals surface area (Å²) in [5.41, 5.74) is 2.86. The van der Waals surface area contributed by atoms with Gasteiger partial charge in [0.05, 0.1) is 11.9 Å². The van der Waals surface area contributed by atoms with Gasteiger partial charge in [0.25, 0.3) is 5.91 Å². The molecule has 1 N–H and O–H groups in total. The van der Waals surface area contributed by atoms with E-state index in [0.717, 1.165) is 16.8 Å². The summed E-state index contributed by atoms with van der Waals surface area (Å²) in [7, 11) is 0. The van der Waals surface area contributed by atoms with Crippen LogP contribution in [-0.2, 0) is 4.79 Å². The summed E-state index contributed by atoms with van der Waals surface area (Å²) in [6.07, 6.45) is 1.63. The second kappa shape index (κ2) is 4.86. The quantitative estimate of drug-likeness (QED) is 0.645. The van der Waals surface area contributed by atoms with E-state index in [1.165, 1.54) is 0 Å². The van der Waals surface area contributed by atoms with Crippen LogP contribution in [0, 0.1) is 0 Å². The molecule has 2 aromatic carbocycles. The van der Waals surface area contributed by atoms with E-state index in [0.29, 0.717) is 5.71 Å². The largest absolute Gasteiger partial charge is 0.320 e. The highest BCUT2D eigenvalue weighted by molar-refractivity contribution is 6.53. The summed E-state index contributed by atoms with van der Waals surface area (Å²) >= 11 is 0. The Morgan fingerprint density at radius 1 is 0.947 bits per heavy atom. The van der Waals surface area contributed by atoms with Gasteiger partial charge in [0, 0.05) is 5.56 Å². The van der Waals surface area contributed by atoms with E-state index in [4.69, 9.17) is 0 Å². The monoisotopic (exact) mass is 249 g/mol. The van der Waals surface area contributed by atoms with Gasteiger partial charge in [0.15, 0.2) is 5.71 Å². The highest BCUT2D eigenvalue weighted by atomic mass is 16.2. The Bertz CT molecular complexity index is 675. The molecule has 19 heavy (non-hydrogen) atoms. The maximum atomic E-state index is 11.8. The van der Waals surface area contributed by atoms with E-state index in [1.807, 2.05) is 54.6 Å². The standard InChI is InChI=1S/C15H11N3O/c19-15-14(12-8-4-5-9-13(12)17-15)18-16-10-11-6-2-1-3-7-11/h1-10H,(H,17,18,19). The summed E-state index contributed by atoms with van der Waals surface area (Å²) in [6.45, 7) is 0. The number of benzene rings is 2. The zero-order valence-corrected chi connectivity index (χ0v) is 10.1. The van der Waals surface area contributed by atoms with Crippen LogP contribution in [0.3, 0.4) is 0 Å². The minimum Gasteiger partial charge on any atom is -0.320 e. The Morgan fingerprint density at radius 2 is 1.68 bits per heavy atom. The maximum Gasteiger partial charge on any atom is 0.276 e. The van der Waals surface area contributed by atoms with Crippen molar-refractivity contribution in [3.8, 4) is 0 Å². The molecule has 0 aromatic heterocycles. The van der Waals surface area contributed by atoms with Crippen LogP contribution in [0.1, 0.15) is 11.1 Å². The number of nitrogens with one attached hydrogen (secondary N) is 1. The van der Waals surface area contributed by atoms with E-state index in [1.54, 1.807) is 6.21 Å². The van der Waals surface area contributed by atoms with Gasteiger partial charge in [0.2, 0.25) is 0 Å². The van der Waals surface area contributed by atoms with Crippen LogP contribution in [0.25, 0.3) is 0 Å². The second-order valence-electron chi connectivity index (χ2n) is 4.10. The molecule has 2 aromatic rings. The molecule has 0 spiro atoms. The number of rotatable bonds is 2. The highest BCUT2D eigenvalue weighted by Gasteiger charge is 2.25. The number of fused-ring (bicyclic) bond motifs is 1. The van der Waals surface area contributed by atoms with Crippen LogP contribution in [0.5, 0.6) is 0 Å². The molecule has 0 saturated carbocycles. The predicted molar refractivity (Wildman–Crippen MR) is 75.6 cm³/mol. The maximum absolute atomic E-state index is 11.8. The Hall–Kier alpha value is -2.75. The first-order chi connectivity index (χ1) is 9.34. The van der Waals surface area contributed by atoms with E-state index in [2.05, 4.69) is 15.5 Å². The molecule has 0 saturated heterocycles. The van der Waals surface area contributed by atoms with Crippen LogP contribution < -0.4 is 5.32 Å². The molecule has 0 fully saturated rings. The molecule has 4 heteroatoms. The summed E-state index contributed by atoms with van der Waals surface area (Å²) < 4.78 is 0. The summed E-state index contributed by atoms with van der Waals surface area (Å²) in [5, 5.41) is 10.7. The van der Waals surface area contributed by atoms with Crippen molar-refractivity contribution in [1.29, 1.82) is 0 Å². The van der Waals surface area contributed by atoms with Crippen LogP contribution >= 0.6 is 0 Å². The fraction of sp³-hybridized carbons (Fsp3) is 0. The normalized spacial score (nSPS) is 15.8. The van der Waals surface area contributed by atoms with E-state index < -0.39 is 0 Å². The van der Waals surface area contributed by atoms with Crippen molar-refractivity contribution in [3.05, 3.63) is 65.7 Å². The van der Waals surface area contributed by atoms with Gasteiger partial charge in [-0.15, -0.1) is 5.10 Å². The minimum absolute atomic E-state index is 0.216. The molecule has 0 unspecified atom stereocenters. The first-order valence-electron chi connectivity index (χ1n) is 5.91. The van der Waals surface area contributed by atoms with Gasteiger partial charge in [-0.1, -0.05) is 48.5 Å². The molecule has 4 nitrogen and oxygen atoms in total. The van der Waals surface area contributed by atoms with E-state index >= 15 is 0 Å². The third-order valence-corrected chi connectivity index (χ3v) is 2.81. The molecule has 1 aliphatic heterocycles. The molecule has 0 atom stereocenters. The summed E-state index contributed by atoms with van der Waals surface area (Å²) in [4.78, 5) is 11.8. The number of carbonyl (C=O) groups excluding carboxylic acids is 1. The zero-order chi connectivity index (χ0) is 13.1. The highest BCUT2D eigenvalue weighted by Crippen LogP contribution is 2.22. The van der Waals surface area contributed by atoms with Gasteiger partial charge >= 0.3 is 0 Å². The molecule has 3 rings (SSSR count). The molecule has 1 heterocycles. The lowest BCUT2D eigenvalue weighted by atomic mass is 10.1. The number of carbonyl (C=O) groups is 1. The first-order valence-corrected chi connectivity index (χ1v) is 5.91. The molecule has 1 amide bonds. The van der Waals surface area contributed by atoms with Gasteiger partial charge in [-0.05, 0) is 11.6 Å². The molecular weight excluding hydrogens is 238 g/mol. The van der Waals surface area contributed by atoms with Crippen LogP contribution in [0.15, 0.2) is 64.8 Å². The fourth-order valence-electron chi connectivity index (χ4n) is 1.89. The molecule has 92 valence electrons.